The number of carbonyl (C=O) groups excluding carboxylic acids is 1. The van der Waals surface area contributed by atoms with E-state index in [-0.39, 0.29) is 5.92 Å². The molecule has 0 N–H and O–H groups in total. The van der Waals surface area contributed by atoms with Crippen molar-refractivity contribution in [3.05, 3.63) is 41.9 Å². The van der Waals surface area contributed by atoms with E-state index in [4.69, 9.17) is 0 Å². The number of anilines is 3. The van der Waals surface area contributed by atoms with Crippen molar-refractivity contribution in [2.75, 3.05) is 68.1 Å². The molecule has 0 radical (unpaired) electrons. The zero-order valence-corrected chi connectivity index (χ0v) is 19.2. The molecule has 166 valence electrons. The van der Waals surface area contributed by atoms with Crippen LogP contribution in [0.15, 0.2) is 30.7 Å². The quantitative estimate of drug-likeness (QED) is 0.755. The van der Waals surface area contributed by atoms with Crippen molar-refractivity contribution in [2.24, 2.45) is 5.92 Å². The molecule has 7 heteroatoms. The highest BCUT2D eigenvalue weighted by Crippen LogP contribution is 2.30. The van der Waals surface area contributed by atoms with Gasteiger partial charge in [-0.15, -0.1) is 0 Å². The molecule has 31 heavy (non-hydrogen) atoms. The third kappa shape index (κ3) is 4.45. The summed E-state index contributed by atoms with van der Waals surface area (Å²) in [6.45, 7) is 9.52. The molecule has 1 aromatic carbocycles. The molecule has 1 aromatic heterocycles. The van der Waals surface area contributed by atoms with Gasteiger partial charge in [0.15, 0.2) is 5.82 Å². The van der Waals surface area contributed by atoms with Crippen LogP contribution < -0.4 is 14.7 Å². The van der Waals surface area contributed by atoms with Crippen molar-refractivity contribution in [1.29, 1.82) is 0 Å². The minimum atomic E-state index is 0.121. The molecular formula is C24H34N6O. The highest BCUT2D eigenvalue weighted by molar-refractivity contribution is 5.80. The number of nitrogens with zero attached hydrogens (tertiary/aromatic N) is 6. The molecule has 0 aliphatic carbocycles. The smallest absolute Gasteiger partial charge is 0.225 e. The molecule has 4 rings (SSSR count). The Labute approximate surface area is 185 Å². The number of rotatable bonds is 4. The molecule has 0 saturated carbocycles. The van der Waals surface area contributed by atoms with Gasteiger partial charge in [-0.3, -0.25) is 4.79 Å². The van der Waals surface area contributed by atoms with Gasteiger partial charge in [0.2, 0.25) is 5.91 Å². The summed E-state index contributed by atoms with van der Waals surface area (Å²) in [5, 5.41) is 0. The monoisotopic (exact) mass is 422 g/mol. The van der Waals surface area contributed by atoms with E-state index in [2.05, 4.69) is 56.7 Å². The Bertz CT molecular complexity index is 914. The maximum atomic E-state index is 13.2. The second-order valence-electron chi connectivity index (χ2n) is 8.92. The van der Waals surface area contributed by atoms with Crippen LogP contribution in [0.1, 0.15) is 24.0 Å². The molecule has 2 aliphatic rings. The van der Waals surface area contributed by atoms with Gasteiger partial charge in [-0.05, 0) is 43.9 Å². The Morgan fingerprint density at radius 2 is 1.65 bits per heavy atom. The van der Waals surface area contributed by atoms with Crippen LogP contribution in [-0.2, 0) is 4.79 Å². The Balaban J connectivity index is 1.32. The summed E-state index contributed by atoms with van der Waals surface area (Å²) in [5.41, 5.74) is 5.03. The number of aryl methyl sites for hydroxylation is 1. The third-order valence-corrected chi connectivity index (χ3v) is 6.79. The molecule has 2 aromatic rings. The molecule has 2 saturated heterocycles. The molecule has 2 aliphatic heterocycles. The fourth-order valence-corrected chi connectivity index (χ4v) is 4.75. The topological polar surface area (TPSA) is 55.8 Å². The molecule has 0 spiro atoms. The van der Waals surface area contributed by atoms with E-state index in [9.17, 15) is 4.79 Å². The van der Waals surface area contributed by atoms with Crippen LogP contribution in [0.3, 0.4) is 0 Å². The van der Waals surface area contributed by atoms with Gasteiger partial charge in [0.1, 0.15) is 6.33 Å². The summed E-state index contributed by atoms with van der Waals surface area (Å²) < 4.78 is 0. The molecule has 3 heterocycles. The minimum Gasteiger partial charge on any atom is -0.368 e. The zero-order chi connectivity index (χ0) is 22.0. The van der Waals surface area contributed by atoms with Gasteiger partial charge in [0.05, 0.1) is 11.9 Å². The van der Waals surface area contributed by atoms with Gasteiger partial charge in [0, 0.05) is 65.0 Å². The van der Waals surface area contributed by atoms with Crippen LogP contribution >= 0.6 is 0 Å². The second kappa shape index (κ2) is 9.12. The summed E-state index contributed by atoms with van der Waals surface area (Å²) in [7, 11) is 4.00. The molecule has 0 bridgehead atoms. The van der Waals surface area contributed by atoms with Gasteiger partial charge in [0.25, 0.3) is 0 Å². The van der Waals surface area contributed by atoms with Crippen molar-refractivity contribution in [3.63, 3.8) is 0 Å². The number of aromatic nitrogens is 2. The lowest BCUT2D eigenvalue weighted by Crippen LogP contribution is -2.52. The molecular weight excluding hydrogens is 388 g/mol. The summed E-state index contributed by atoms with van der Waals surface area (Å²) in [4.78, 5) is 30.7. The van der Waals surface area contributed by atoms with E-state index in [1.54, 1.807) is 6.33 Å². The summed E-state index contributed by atoms with van der Waals surface area (Å²) >= 11 is 0. The zero-order valence-electron chi connectivity index (χ0n) is 19.2. The Kier molecular flexibility index (Phi) is 6.30. The molecule has 1 amide bonds. The van der Waals surface area contributed by atoms with Crippen molar-refractivity contribution < 1.29 is 4.79 Å². The Morgan fingerprint density at radius 1 is 0.968 bits per heavy atom. The van der Waals surface area contributed by atoms with Gasteiger partial charge in [-0.2, -0.15) is 0 Å². The van der Waals surface area contributed by atoms with Crippen molar-refractivity contribution >= 4 is 23.1 Å². The van der Waals surface area contributed by atoms with Crippen molar-refractivity contribution in [1.82, 2.24) is 14.9 Å². The third-order valence-electron chi connectivity index (χ3n) is 6.79. The first-order valence-corrected chi connectivity index (χ1v) is 11.3. The normalized spacial score (nSPS) is 17.7. The van der Waals surface area contributed by atoms with Crippen LogP contribution in [0.25, 0.3) is 0 Å². The highest BCUT2D eigenvalue weighted by atomic mass is 16.2. The van der Waals surface area contributed by atoms with Crippen LogP contribution in [0, 0.1) is 19.8 Å². The predicted molar refractivity (Wildman–Crippen MR) is 126 cm³/mol. The number of hydrogen-bond acceptors (Lipinski definition) is 6. The lowest BCUT2D eigenvalue weighted by molar-refractivity contribution is -0.136. The number of piperazine rings is 1. The van der Waals surface area contributed by atoms with Crippen LogP contribution in [0.5, 0.6) is 0 Å². The summed E-state index contributed by atoms with van der Waals surface area (Å²) in [5.74, 6) is 1.38. The largest absolute Gasteiger partial charge is 0.368 e. The number of hydrogen-bond donors (Lipinski definition) is 0. The highest BCUT2D eigenvalue weighted by Gasteiger charge is 2.31. The average molecular weight is 423 g/mol. The van der Waals surface area contributed by atoms with Crippen molar-refractivity contribution in [2.45, 2.75) is 26.7 Å². The second-order valence-corrected chi connectivity index (χ2v) is 8.92. The molecule has 0 unspecified atom stereocenters. The van der Waals surface area contributed by atoms with Gasteiger partial charge in [-0.1, -0.05) is 12.1 Å². The minimum absolute atomic E-state index is 0.121. The fraction of sp³-hybridized carbons (Fsp3) is 0.542. The number of piperidine rings is 1. The van der Waals surface area contributed by atoms with E-state index in [1.165, 1.54) is 16.8 Å². The molecule has 7 nitrogen and oxygen atoms in total. The molecule has 0 atom stereocenters. The van der Waals surface area contributed by atoms with E-state index in [0.29, 0.717) is 5.91 Å². The SMILES string of the molecule is Cc1cccc(N2CCN(C(=O)C3CCN(c4cncnc4N(C)C)CC3)CC2)c1C. The molecule has 2 fully saturated rings. The van der Waals surface area contributed by atoms with Gasteiger partial charge < -0.3 is 19.6 Å². The maximum absolute atomic E-state index is 13.2. The maximum Gasteiger partial charge on any atom is 0.225 e. The van der Waals surface area contributed by atoms with Gasteiger partial charge >= 0.3 is 0 Å². The number of benzene rings is 1. The first-order chi connectivity index (χ1) is 15.0. The van der Waals surface area contributed by atoms with E-state index in [1.807, 2.05) is 25.2 Å². The predicted octanol–water partition coefficient (Wildman–Crippen LogP) is 2.72. The number of carbonyl (C=O) groups is 1. The van der Waals surface area contributed by atoms with Gasteiger partial charge in [-0.25, -0.2) is 9.97 Å². The fourth-order valence-electron chi connectivity index (χ4n) is 4.75. The van der Waals surface area contributed by atoms with Crippen LogP contribution in [0.4, 0.5) is 17.2 Å². The van der Waals surface area contributed by atoms with E-state index >= 15 is 0 Å². The number of amides is 1. The first kappa shape index (κ1) is 21.4. The Morgan fingerprint density at radius 3 is 2.32 bits per heavy atom. The summed E-state index contributed by atoms with van der Waals surface area (Å²) in [6.07, 6.45) is 5.25. The van der Waals surface area contributed by atoms with Crippen LogP contribution in [-0.4, -0.2) is 74.1 Å². The lowest BCUT2D eigenvalue weighted by Gasteiger charge is -2.40. The lowest BCUT2D eigenvalue weighted by atomic mass is 9.94. The average Bonchev–Trinajstić information content (AvgIpc) is 2.80. The van der Waals surface area contributed by atoms with E-state index < -0.39 is 0 Å². The van der Waals surface area contributed by atoms with Crippen molar-refractivity contribution in [3.8, 4) is 0 Å². The van der Waals surface area contributed by atoms with E-state index in [0.717, 1.165) is 63.6 Å². The first-order valence-electron chi connectivity index (χ1n) is 11.3. The summed E-state index contributed by atoms with van der Waals surface area (Å²) in [6, 6.07) is 6.49. The van der Waals surface area contributed by atoms with Crippen LogP contribution in [0.2, 0.25) is 0 Å². The standard InChI is InChI=1S/C24H34N6O/c1-18-6-5-7-21(19(18)2)29-12-14-30(15-13-29)24(31)20-8-10-28(11-9-20)22-16-25-17-26-23(22)27(3)4/h5-7,16-17,20H,8-15H2,1-4H3. The Hall–Kier alpha value is -2.83.